The summed E-state index contributed by atoms with van der Waals surface area (Å²) in [4.78, 5) is 0. The Morgan fingerprint density at radius 1 is 1.43 bits per heavy atom. The smallest absolute Gasteiger partial charge is 0.170 e. The van der Waals surface area contributed by atoms with Gasteiger partial charge in [-0.25, -0.2) is 0 Å². The summed E-state index contributed by atoms with van der Waals surface area (Å²) < 4.78 is 5.70. The van der Waals surface area contributed by atoms with Crippen molar-refractivity contribution in [2.24, 2.45) is 16.3 Å². The predicted molar refractivity (Wildman–Crippen MR) is 83.9 cm³/mol. The summed E-state index contributed by atoms with van der Waals surface area (Å²) in [6.07, 6.45) is 3.85. The van der Waals surface area contributed by atoms with E-state index in [1.54, 1.807) is 12.1 Å². The number of oxime groups is 1. The van der Waals surface area contributed by atoms with Crippen LogP contribution in [-0.2, 0) is 0 Å². The first kappa shape index (κ1) is 15.6. The first-order valence-electron chi connectivity index (χ1n) is 7.47. The summed E-state index contributed by atoms with van der Waals surface area (Å²) in [6.45, 7) is 6.13. The molecule has 2 rings (SSSR count). The Morgan fingerprint density at radius 3 is 2.71 bits per heavy atom. The molecule has 0 amide bonds. The van der Waals surface area contributed by atoms with Crippen LogP contribution >= 0.6 is 0 Å². The van der Waals surface area contributed by atoms with Crippen molar-refractivity contribution in [3.63, 3.8) is 0 Å². The second-order valence-corrected chi connectivity index (χ2v) is 6.25. The lowest BCUT2D eigenvalue weighted by Gasteiger charge is -2.27. The SMILES string of the molecule is CC1(C)CCCC1NCCOc1ccc(C(N)=NO)cc1. The molecule has 5 nitrogen and oxygen atoms in total. The van der Waals surface area contributed by atoms with Gasteiger partial charge in [-0.3, -0.25) is 0 Å². The quantitative estimate of drug-likeness (QED) is 0.247. The van der Waals surface area contributed by atoms with Gasteiger partial charge in [-0.15, -0.1) is 0 Å². The molecule has 1 saturated carbocycles. The standard InChI is InChI=1S/C16H25N3O2/c1-16(2)9-3-4-14(16)18-10-11-21-13-7-5-12(6-8-13)15(17)19-20/h5-8,14,18,20H,3-4,9-11H2,1-2H3,(H2,17,19). The fourth-order valence-electron chi connectivity index (χ4n) is 2.89. The zero-order valence-electron chi connectivity index (χ0n) is 12.8. The Hall–Kier alpha value is -1.75. The molecular weight excluding hydrogens is 266 g/mol. The molecule has 0 aliphatic heterocycles. The average molecular weight is 291 g/mol. The predicted octanol–water partition coefficient (Wildman–Crippen LogP) is 2.33. The molecule has 0 radical (unpaired) electrons. The highest BCUT2D eigenvalue weighted by molar-refractivity contribution is 5.97. The molecule has 0 spiro atoms. The topological polar surface area (TPSA) is 79.9 Å². The first-order chi connectivity index (χ1) is 10.0. The molecule has 1 fully saturated rings. The van der Waals surface area contributed by atoms with Gasteiger partial charge < -0.3 is 21.0 Å². The molecule has 1 aliphatic carbocycles. The fraction of sp³-hybridized carbons (Fsp3) is 0.562. The van der Waals surface area contributed by atoms with Gasteiger partial charge in [-0.05, 0) is 42.5 Å². The van der Waals surface area contributed by atoms with Gasteiger partial charge in [0.2, 0.25) is 0 Å². The fourth-order valence-corrected chi connectivity index (χ4v) is 2.89. The van der Waals surface area contributed by atoms with E-state index in [1.165, 1.54) is 19.3 Å². The van der Waals surface area contributed by atoms with Gasteiger partial charge in [-0.2, -0.15) is 0 Å². The Morgan fingerprint density at radius 2 is 2.14 bits per heavy atom. The van der Waals surface area contributed by atoms with E-state index in [1.807, 2.05) is 12.1 Å². The lowest BCUT2D eigenvalue weighted by atomic mass is 9.87. The third-order valence-corrected chi connectivity index (χ3v) is 4.28. The van der Waals surface area contributed by atoms with Gasteiger partial charge in [0.15, 0.2) is 5.84 Å². The normalized spacial score (nSPS) is 21.4. The van der Waals surface area contributed by atoms with Crippen molar-refractivity contribution < 1.29 is 9.94 Å². The van der Waals surface area contributed by atoms with Gasteiger partial charge in [0.25, 0.3) is 0 Å². The highest BCUT2D eigenvalue weighted by atomic mass is 16.5. The molecule has 5 heteroatoms. The summed E-state index contributed by atoms with van der Waals surface area (Å²) in [5, 5.41) is 15.1. The second-order valence-electron chi connectivity index (χ2n) is 6.25. The average Bonchev–Trinajstić information content (AvgIpc) is 2.82. The van der Waals surface area contributed by atoms with Crippen LogP contribution in [0.1, 0.15) is 38.7 Å². The second kappa shape index (κ2) is 6.80. The van der Waals surface area contributed by atoms with E-state index in [0.29, 0.717) is 23.6 Å². The third-order valence-electron chi connectivity index (χ3n) is 4.28. The van der Waals surface area contributed by atoms with Crippen molar-refractivity contribution in [1.82, 2.24) is 5.32 Å². The number of rotatable bonds is 6. The maximum Gasteiger partial charge on any atom is 0.170 e. The minimum Gasteiger partial charge on any atom is -0.492 e. The summed E-state index contributed by atoms with van der Waals surface area (Å²) in [7, 11) is 0. The molecule has 0 aromatic heterocycles. The Labute approximate surface area is 126 Å². The molecule has 0 saturated heterocycles. The molecule has 1 unspecified atom stereocenters. The van der Waals surface area contributed by atoms with Gasteiger partial charge >= 0.3 is 0 Å². The van der Waals surface area contributed by atoms with Crippen molar-refractivity contribution >= 4 is 5.84 Å². The molecule has 0 heterocycles. The molecular formula is C16H25N3O2. The molecule has 1 atom stereocenters. The van der Waals surface area contributed by atoms with Crippen LogP contribution in [0.2, 0.25) is 0 Å². The van der Waals surface area contributed by atoms with Crippen LogP contribution in [-0.4, -0.2) is 30.2 Å². The van der Waals surface area contributed by atoms with E-state index in [9.17, 15) is 0 Å². The van der Waals surface area contributed by atoms with Gasteiger partial charge in [0.05, 0.1) is 0 Å². The minimum atomic E-state index is 0.103. The number of amidine groups is 1. The molecule has 1 aromatic rings. The molecule has 1 aliphatic rings. The number of nitrogens with two attached hydrogens (primary N) is 1. The molecule has 116 valence electrons. The van der Waals surface area contributed by atoms with E-state index in [0.717, 1.165) is 12.3 Å². The summed E-state index contributed by atoms with van der Waals surface area (Å²) in [5.74, 6) is 0.892. The zero-order valence-corrected chi connectivity index (χ0v) is 12.8. The maximum absolute atomic E-state index is 8.60. The van der Waals surface area contributed by atoms with Crippen LogP contribution in [0.5, 0.6) is 5.75 Å². The van der Waals surface area contributed by atoms with Crippen LogP contribution in [0, 0.1) is 5.41 Å². The highest BCUT2D eigenvalue weighted by Gasteiger charge is 2.33. The van der Waals surface area contributed by atoms with Crippen LogP contribution in [0.4, 0.5) is 0 Å². The monoisotopic (exact) mass is 291 g/mol. The van der Waals surface area contributed by atoms with Crippen molar-refractivity contribution in [3.05, 3.63) is 29.8 Å². The van der Waals surface area contributed by atoms with Crippen LogP contribution in [0.3, 0.4) is 0 Å². The molecule has 21 heavy (non-hydrogen) atoms. The van der Waals surface area contributed by atoms with Gasteiger partial charge in [0.1, 0.15) is 12.4 Å². The summed E-state index contributed by atoms with van der Waals surface area (Å²) in [6, 6.07) is 7.79. The van der Waals surface area contributed by atoms with E-state index in [2.05, 4.69) is 24.3 Å². The third kappa shape index (κ3) is 4.11. The van der Waals surface area contributed by atoms with Gasteiger partial charge in [0, 0.05) is 18.2 Å². The first-order valence-corrected chi connectivity index (χ1v) is 7.47. The minimum absolute atomic E-state index is 0.103. The number of hydrogen-bond donors (Lipinski definition) is 3. The van der Waals surface area contributed by atoms with Crippen LogP contribution < -0.4 is 15.8 Å². The number of nitrogens with zero attached hydrogens (tertiary/aromatic N) is 1. The van der Waals surface area contributed by atoms with Crippen molar-refractivity contribution in [2.75, 3.05) is 13.2 Å². The van der Waals surface area contributed by atoms with Crippen LogP contribution in [0.15, 0.2) is 29.4 Å². The Balaban J connectivity index is 1.74. The molecule has 1 aromatic carbocycles. The molecule has 0 bridgehead atoms. The maximum atomic E-state index is 8.60. The van der Waals surface area contributed by atoms with Crippen molar-refractivity contribution in [2.45, 2.75) is 39.2 Å². The Kier molecular flexibility index (Phi) is 5.07. The highest BCUT2D eigenvalue weighted by Crippen LogP contribution is 2.36. The number of benzene rings is 1. The largest absolute Gasteiger partial charge is 0.492 e. The van der Waals surface area contributed by atoms with E-state index < -0.39 is 0 Å². The van der Waals surface area contributed by atoms with E-state index in [-0.39, 0.29) is 5.84 Å². The number of hydrogen-bond acceptors (Lipinski definition) is 4. The summed E-state index contributed by atoms with van der Waals surface area (Å²) >= 11 is 0. The zero-order chi connectivity index (χ0) is 15.3. The van der Waals surface area contributed by atoms with Crippen LogP contribution in [0.25, 0.3) is 0 Å². The van der Waals surface area contributed by atoms with Crippen molar-refractivity contribution in [1.29, 1.82) is 0 Å². The lowest BCUT2D eigenvalue weighted by Crippen LogP contribution is -2.39. The lowest BCUT2D eigenvalue weighted by molar-refractivity contribution is 0.253. The van der Waals surface area contributed by atoms with Gasteiger partial charge in [-0.1, -0.05) is 25.4 Å². The van der Waals surface area contributed by atoms with E-state index in [4.69, 9.17) is 15.7 Å². The molecule has 4 N–H and O–H groups in total. The van der Waals surface area contributed by atoms with E-state index >= 15 is 0 Å². The Bertz CT molecular complexity index is 483. The number of ether oxygens (including phenoxy) is 1. The van der Waals surface area contributed by atoms with Crippen molar-refractivity contribution in [3.8, 4) is 5.75 Å². The number of nitrogens with one attached hydrogen (secondary N) is 1. The summed E-state index contributed by atoms with van der Waals surface area (Å²) in [5.41, 5.74) is 6.58.